The fraction of sp³-hybridized carbons (Fsp3) is 1.00. The Kier molecular flexibility index (Phi) is 3.98. The maximum Gasteiger partial charge on any atom is 0.0158 e. The lowest BCUT2D eigenvalue weighted by Gasteiger charge is -2.22. The van der Waals surface area contributed by atoms with E-state index in [0.29, 0.717) is 0 Å². The predicted molar refractivity (Wildman–Crippen MR) is 60.3 cm³/mol. The van der Waals surface area contributed by atoms with Crippen LogP contribution in [0.1, 0.15) is 38.5 Å². The highest BCUT2D eigenvalue weighted by Crippen LogP contribution is 2.33. The van der Waals surface area contributed by atoms with Gasteiger partial charge in [-0.15, -0.1) is 0 Å². The summed E-state index contributed by atoms with van der Waals surface area (Å²) in [6, 6.07) is 0.831. The maximum atomic E-state index is 3.68. The van der Waals surface area contributed by atoms with Crippen LogP contribution in [-0.4, -0.2) is 24.1 Å². The Balaban J connectivity index is 1.46. The predicted octanol–water partition coefficient (Wildman–Crippen LogP) is 2.66. The first-order chi connectivity index (χ1) is 6.45. The fourth-order valence-electron chi connectivity index (χ4n) is 2.01. The molecule has 1 aliphatic heterocycles. The smallest absolute Gasteiger partial charge is 0.0158 e. The first-order valence-corrected chi connectivity index (χ1v) is 6.92. The lowest BCUT2D eigenvalue weighted by atomic mass is 10.1. The van der Waals surface area contributed by atoms with Crippen LogP contribution in [0.5, 0.6) is 0 Å². The molecule has 1 saturated heterocycles. The van der Waals surface area contributed by atoms with E-state index in [-0.39, 0.29) is 0 Å². The van der Waals surface area contributed by atoms with Gasteiger partial charge in [0.2, 0.25) is 0 Å². The van der Waals surface area contributed by atoms with Crippen LogP contribution >= 0.6 is 11.8 Å². The Bertz CT molecular complexity index is 139. The van der Waals surface area contributed by atoms with Crippen molar-refractivity contribution in [3.05, 3.63) is 0 Å². The van der Waals surface area contributed by atoms with E-state index in [9.17, 15) is 0 Å². The number of hydrogen-bond donors (Lipinski definition) is 1. The van der Waals surface area contributed by atoms with Crippen molar-refractivity contribution < 1.29 is 0 Å². The molecule has 1 unspecified atom stereocenters. The molecule has 2 fully saturated rings. The van der Waals surface area contributed by atoms with Gasteiger partial charge in [-0.1, -0.05) is 12.8 Å². The summed E-state index contributed by atoms with van der Waals surface area (Å²) < 4.78 is 0. The van der Waals surface area contributed by atoms with E-state index in [4.69, 9.17) is 0 Å². The van der Waals surface area contributed by atoms with Crippen molar-refractivity contribution >= 4 is 11.8 Å². The van der Waals surface area contributed by atoms with Gasteiger partial charge in [0.1, 0.15) is 0 Å². The molecule has 0 aromatic rings. The van der Waals surface area contributed by atoms with Gasteiger partial charge >= 0.3 is 0 Å². The van der Waals surface area contributed by atoms with E-state index in [1.165, 1.54) is 56.6 Å². The van der Waals surface area contributed by atoms with Crippen molar-refractivity contribution in [1.82, 2.24) is 5.32 Å². The van der Waals surface area contributed by atoms with Gasteiger partial charge in [0, 0.05) is 11.8 Å². The highest BCUT2D eigenvalue weighted by atomic mass is 32.2. The van der Waals surface area contributed by atoms with Crippen molar-refractivity contribution in [1.29, 1.82) is 0 Å². The quantitative estimate of drug-likeness (QED) is 0.683. The third kappa shape index (κ3) is 3.90. The molecule has 0 radical (unpaired) electrons. The topological polar surface area (TPSA) is 12.0 Å². The minimum atomic E-state index is 0.831. The average molecular weight is 199 g/mol. The SMILES string of the molecule is C(CNC1CCCSC1)CC1CC1. The van der Waals surface area contributed by atoms with E-state index in [1.807, 2.05) is 0 Å². The Morgan fingerprint density at radius 3 is 2.85 bits per heavy atom. The van der Waals surface area contributed by atoms with Crippen molar-refractivity contribution in [2.24, 2.45) is 5.92 Å². The van der Waals surface area contributed by atoms with Gasteiger partial charge in [0.05, 0.1) is 0 Å². The number of nitrogens with one attached hydrogen (secondary N) is 1. The maximum absolute atomic E-state index is 3.68. The molecule has 76 valence electrons. The molecule has 1 nitrogen and oxygen atoms in total. The minimum Gasteiger partial charge on any atom is -0.313 e. The molecular formula is C11H21NS. The molecule has 1 N–H and O–H groups in total. The van der Waals surface area contributed by atoms with E-state index in [2.05, 4.69) is 17.1 Å². The molecule has 0 bridgehead atoms. The molecule has 2 heteroatoms. The summed E-state index contributed by atoms with van der Waals surface area (Å²) in [6.45, 7) is 1.27. The van der Waals surface area contributed by atoms with E-state index in [1.54, 1.807) is 0 Å². The zero-order chi connectivity index (χ0) is 8.93. The highest BCUT2D eigenvalue weighted by Gasteiger charge is 2.20. The van der Waals surface area contributed by atoms with Crippen molar-refractivity contribution in [2.75, 3.05) is 18.1 Å². The molecule has 1 heterocycles. The molecule has 0 aromatic heterocycles. The van der Waals surface area contributed by atoms with Crippen LogP contribution in [0.25, 0.3) is 0 Å². The third-order valence-electron chi connectivity index (χ3n) is 3.08. The Hall–Kier alpha value is 0.310. The summed E-state index contributed by atoms with van der Waals surface area (Å²) in [5, 5.41) is 3.68. The van der Waals surface area contributed by atoms with Crippen molar-refractivity contribution in [3.63, 3.8) is 0 Å². The lowest BCUT2D eigenvalue weighted by molar-refractivity contribution is 0.488. The van der Waals surface area contributed by atoms with Gasteiger partial charge in [0.15, 0.2) is 0 Å². The highest BCUT2D eigenvalue weighted by molar-refractivity contribution is 7.99. The first-order valence-electron chi connectivity index (χ1n) is 5.76. The lowest BCUT2D eigenvalue weighted by Crippen LogP contribution is -2.34. The van der Waals surface area contributed by atoms with Gasteiger partial charge < -0.3 is 5.32 Å². The van der Waals surface area contributed by atoms with Gasteiger partial charge in [-0.25, -0.2) is 0 Å². The Morgan fingerprint density at radius 1 is 1.23 bits per heavy atom. The largest absolute Gasteiger partial charge is 0.313 e. The Labute approximate surface area is 86.0 Å². The van der Waals surface area contributed by atoms with E-state index in [0.717, 1.165) is 12.0 Å². The summed E-state index contributed by atoms with van der Waals surface area (Å²) in [6.07, 6.45) is 8.75. The molecule has 1 atom stereocenters. The Morgan fingerprint density at radius 2 is 2.15 bits per heavy atom. The molecule has 13 heavy (non-hydrogen) atoms. The second-order valence-electron chi connectivity index (χ2n) is 4.45. The van der Waals surface area contributed by atoms with Crippen LogP contribution in [0.3, 0.4) is 0 Å². The second kappa shape index (κ2) is 5.26. The number of thioether (sulfide) groups is 1. The minimum absolute atomic E-state index is 0.831. The zero-order valence-electron chi connectivity index (χ0n) is 8.43. The molecule has 0 amide bonds. The van der Waals surface area contributed by atoms with Crippen LogP contribution in [-0.2, 0) is 0 Å². The second-order valence-corrected chi connectivity index (χ2v) is 5.60. The zero-order valence-corrected chi connectivity index (χ0v) is 9.24. The molecule has 2 aliphatic rings. The standard InChI is InChI=1S/C11H21NS/c1(3-10-5-6-10)7-12-11-4-2-8-13-9-11/h10-12H,1-9H2. The number of rotatable bonds is 5. The molecule has 0 aromatic carbocycles. The molecule has 2 rings (SSSR count). The van der Waals surface area contributed by atoms with Gasteiger partial charge in [0.25, 0.3) is 0 Å². The average Bonchev–Trinajstić information content (AvgIpc) is 2.98. The fourth-order valence-corrected chi connectivity index (χ4v) is 3.11. The summed E-state index contributed by atoms with van der Waals surface area (Å²) in [7, 11) is 0. The van der Waals surface area contributed by atoms with Gasteiger partial charge in [-0.3, -0.25) is 0 Å². The van der Waals surface area contributed by atoms with Crippen LogP contribution in [0.4, 0.5) is 0 Å². The van der Waals surface area contributed by atoms with Crippen LogP contribution in [0.15, 0.2) is 0 Å². The molecular weight excluding hydrogens is 178 g/mol. The molecule has 1 aliphatic carbocycles. The molecule has 1 saturated carbocycles. The summed E-state index contributed by atoms with van der Waals surface area (Å²) >= 11 is 2.12. The summed E-state index contributed by atoms with van der Waals surface area (Å²) in [4.78, 5) is 0. The third-order valence-corrected chi connectivity index (χ3v) is 4.29. The summed E-state index contributed by atoms with van der Waals surface area (Å²) in [5.74, 6) is 3.85. The van der Waals surface area contributed by atoms with Crippen LogP contribution < -0.4 is 5.32 Å². The van der Waals surface area contributed by atoms with Crippen molar-refractivity contribution in [2.45, 2.75) is 44.6 Å². The van der Waals surface area contributed by atoms with Gasteiger partial charge in [-0.2, -0.15) is 11.8 Å². The summed E-state index contributed by atoms with van der Waals surface area (Å²) in [5.41, 5.74) is 0. The molecule has 0 spiro atoms. The van der Waals surface area contributed by atoms with Gasteiger partial charge in [-0.05, 0) is 43.9 Å². The number of hydrogen-bond acceptors (Lipinski definition) is 2. The van der Waals surface area contributed by atoms with E-state index < -0.39 is 0 Å². The van der Waals surface area contributed by atoms with Crippen molar-refractivity contribution in [3.8, 4) is 0 Å². The van der Waals surface area contributed by atoms with Crippen LogP contribution in [0.2, 0.25) is 0 Å². The van der Waals surface area contributed by atoms with E-state index >= 15 is 0 Å². The van der Waals surface area contributed by atoms with Crippen LogP contribution in [0, 0.1) is 5.92 Å². The normalized spacial score (nSPS) is 29.1. The first kappa shape index (κ1) is 9.85. The monoisotopic (exact) mass is 199 g/mol.